The summed E-state index contributed by atoms with van der Waals surface area (Å²) in [6.07, 6.45) is 1.65. The normalized spacial score (nSPS) is 10.2. The first-order chi connectivity index (χ1) is 7.74. The molecule has 16 heavy (non-hydrogen) atoms. The number of anilines is 1. The van der Waals surface area contributed by atoms with Gasteiger partial charge in [0.2, 0.25) is 0 Å². The van der Waals surface area contributed by atoms with Gasteiger partial charge in [0.15, 0.2) is 5.52 Å². The Balaban J connectivity index is 2.58. The first kappa shape index (κ1) is 10.6. The third kappa shape index (κ3) is 1.74. The first-order valence-corrected chi connectivity index (χ1v) is 5.47. The van der Waals surface area contributed by atoms with E-state index in [4.69, 9.17) is 0 Å². The minimum atomic E-state index is -0.409. The van der Waals surface area contributed by atoms with Gasteiger partial charge in [0.25, 0.3) is 0 Å². The predicted octanol–water partition coefficient (Wildman–Crippen LogP) is 2.80. The van der Waals surface area contributed by atoms with Crippen LogP contribution in [0.25, 0.3) is 10.2 Å². The van der Waals surface area contributed by atoms with Crippen LogP contribution in [-0.2, 0) is 0 Å². The summed E-state index contributed by atoms with van der Waals surface area (Å²) in [6.45, 7) is 4.04. The van der Waals surface area contributed by atoms with E-state index in [2.05, 4.69) is 16.9 Å². The Morgan fingerprint density at radius 1 is 1.62 bits per heavy atom. The van der Waals surface area contributed by atoms with Gasteiger partial charge in [0.05, 0.1) is 15.1 Å². The van der Waals surface area contributed by atoms with Gasteiger partial charge in [-0.1, -0.05) is 6.08 Å². The topological polar surface area (TPSA) is 68.1 Å². The van der Waals surface area contributed by atoms with Crippen molar-refractivity contribution in [1.82, 2.24) is 4.98 Å². The predicted molar refractivity (Wildman–Crippen MR) is 65.0 cm³/mol. The molecule has 0 spiro atoms. The molecule has 0 saturated heterocycles. The number of rotatable bonds is 4. The summed E-state index contributed by atoms with van der Waals surface area (Å²) in [4.78, 5) is 14.6. The third-order valence-corrected chi connectivity index (χ3v) is 2.89. The molecule has 0 fully saturated rings. The second kappa shape index (κ2) is 4.28. The zero-order chi connectivity index (χ0) is 11.5. The molecule has 2 rings (SSSR count). The highest BCUT2D eigenvalue weighted by Crippen LogP contribution is 2.34. The number of fused-ring (bicyclic) bond motifs is 1. The molecule has 6 heteroatoms. The van der Waals surface area contributed by atoms with Crippen molar-refractivity contribution in [1.29, 1.82) is 0 Å². The van der Waals surface area contributed by atoms with Gasteiger partial charge in [-0.2, -0.15) is 0 Å². The van der Waals surface area contributed by atoms with E-state index in [0.717, 1.165) is 4.70 Å². The van der Waals surface area contributed by atoms with E-state index in [-0.39, 0.29) is 5.69 Å². The fourth-order valence-corrected chi connectivity index (χ4v) is 2.11. The molecule has 82 valence electrons. The molecule has 0 amide bonds. The molecule has 0 aliphatic rings. The fraction of sp³-hybridized carbons (Fsp3) is 0.100. The summed E-state index contributed by atoms with van der Waals surface area (Å²) < 4.78 is 0.816. The summed E-state index contributed by atoms with van der Waals surface area (Å²) in [7, 11) is 0. The molecule has 0 atom stereocenters. The molecule has 0 aliphatic carbocycles. The van der Waals surface area contributed by atoms with Gasteiger partial charge in [-0.3, -0.25) is 10.1 Å². The second-order valence-corrected chi connectivity index (χ2v) is 3.97. The van der Waals surface area contributed by atoms with Crippen LogP contribution in [0.15, 0.2) is 30.3 Å². The Morgan fingerprint density at radius 3 is 3.12 bits per heavy atom. The zero-order valence-electron chi connectivity index (χ0n) is 8.34. The highest BCUT2D eigenvalue weighted by molar-refractivity contribution is 7.16. The quantitative estimate of drug-likeness (QED) is 0.502. The van der Waals surface area contributed by atoms with E-state index < -0.39 is 4.92 Å². The van der Waals surface area contributed by atoms with Crippen LogP contribution in [-0.4, -0.2) is 16.5 Å². The average Bonchev–Trinajstić information content (AvgIpc) is 2.72. The summed E-state index contributed by atoms with van der Waals surface area (Å²) in [5, 5.41) is 13.9. The highest BCUT2D eigenvalue weighted by Gasteiger charge is 2.19. The van der Waals surface area contributed by atoms with Gasteiger partial charge >= 0.3 is 5.69 Å². The number of aromatic nitrogens is 1. The van der Waals surface area contributed by atoms with Crippen LogP contribution in [0.1, 0.15) is 0 Å². The van der Waals surface area contributed by atoms with E-state index in [9.17, 15) is 10.1 Å². The number of nitrogens with zero attached hydrogens (tertiary/aromatic N) is 2. The van der Waals surface area contributed by atoms with Crippen molar-refractivity contribution in [2.24, 2.45) is 0 Å². The maximum Gasteiger partial charge on any atom is 0.319 e. The summed E-state index contributed by atoms with van der Waals surface area (Å²) >= 11 is 1.39. The molecule has 5 nitrogen and oxygen atoms in total. The Hall–Kier alpha value is -1.95. The lowest BCUT2D eigenvalue weighted by Crippen LogP contribution is -2.02. The standard InChI is InChI=1S/C10H9N3O2S/c1-2-5-11-7-3-4-8-9(12-6-16-8)10(7)13(14)15/h2-4,6,11H,1,5H2. The van der Waals surface area contributed by atoms with Crippen molar-refractivity contribution in [3.05, 3.63) is 40.4 Å². The Kier molecular flexibility index (Phi) is 2.82. The van der Waals surface area contributed by atoms with Crippen molar-refractivity contribution >= 4 is 32.9 Å². The van der Waals surface area contributed by atoms with Gasteiger partial charge in [0, 0.05) is 6.54 Å². The summed E-state index contributed by atoms with van der Waals surface area (Å²) in [6, 6.07) is 3.52. The van der Waals surface area contributed by atoms with E-state index in [1.807, 2.05) is 6.07 Å². The maximum atomic E-state index is 11.0. The number of hydrogen-bond acceptors (Lipinski definition) is 5. The molecule has 2 aromatic rings. The van der Waals surface area contributed by atoms with E-state index in [1.54, 1.807) is 17.7 Å². The van der Waals surface area contributed by atoms with E-state index in [1.165, 1.54) is 11.3 Å². The van der Waals surface area contributed by atoms with Crippen molar-refractivity contribution in [2.75, 3.05) is 11.9 Å². The van der Waals surface area contributed by atoms with Gasteiger partial charge in [-0.15, -0.1) is 17.9 Å². The minimum absolute atomic E-state index is 0.0283. The number of benzene rings is 1. The number of nitro groups is 1. The molecule has 0 unspecified atom stereocenters. The summed E-state index contributed by atoms with van der Waals surface area (Å²) in [5.74, 6) is 0. The molecule has 1 aromatic heterocycles. The molecule has 0 saturated carbocycles. The number of nitro benzene ring substituents is 1. The zero-order valence-corrected chi connectivity index (χ0v) is 9.16. The van der Waals surface area contributed by atoms with Crippen LogP contribution in [0.3, 0.4) is 0 Å². The van der Waals surface area contributed by atoms with Crippen LogP contribution in [0.2, 0.25) is 0 Å². The van der Waals surface area contributed by atoms with Crippen molar-refractivity contribution < 1.29 is 4.92 Å². The average molecular weight is 235 g/mol. The first-order valence-electron chi connectivity index (χ1n) is 4.59. The fourth-order valence-electron chi connectivity index (χ4n) is 1.43. The highest BCUT2D eigenvalue weighted by atomic mass is 32.1. The number of nitrogens with one attached hydrogen (secondary N) is 1. The molecule has 0 bridgehead atoms. The molecule has 1 N–H and O–H groups in total. The SMILES string of the molecule is C=CCNc1ccc2scnc2c1[N+](=O)[O-]. The molecule has 0 aliphatic heterocycles. The second-order valence-electron chi connectivity index (χ2n) is 3.09. The van der Waals surface area contributed by atoms with Crippen molar-refractivity contribution in [3.8, 4) is 0 Å². The van der Waals surface area contributed by atoms with Gasteiger partial charge in [0.1, 0.15) is 5.69 Å². The van der Waals surface area contributed by atoms with Crippen molar-refractivity contribution in [2.45, 2.75) is 0 Å². The molecule has 1 heterocycles. The smallest absolute Gasteiger partial charge is 0.319 e. The lowest BCUT2D eigenvalue weighted by molar-refractivity contribution is -0.382. The number of thiazole rings is 1. The van der Waals surface area contributed by atoms with Crippen LogP contribution in [0.4, 0.5) is 11.4 Å². The van der Waals surface area contributed by atoms with Crippen LogP contribution in [0, 0.1) is 10.1 Å². The summed E-state index contributed by atoms with van der Waals surface area (Å²) in [5.41, 5.74) is 2.54. The van der Waals surface area contributed by atoms with Crippen LogP contribution >= 0.6 is 11.3 Å². The number of hydrogen-bond donors (Lipinski definition) is 1. The lowest BCUT2D eigenvalue weighted by Gasteiger charge is -2.04. The Morgan fingerprint density at radius 2 is 2.44 bits per heavy atom. The molecular weight excluding hydrogens is 226 g/mol. The van der Waals surface area contributed by atoms with Crippen LogP contribution in [0.5, 0.6) is 0 Å². The van der Waals surface area contributed by atoms with E-state index in [0.29, 0.717) is 17.7 Å². The molecular formula is C10H9N3O2S. The largest absolute Gasteiger partial charge is 0.376 e. The Bertz CT molecular complexity index is 550. The van der Waals surface area contributed by atoms with Gasteiger partial charge in [-0.05, 0) is 12.1 Å². The maximum absolute atomic E-state index is 11.0. The van der Waals surface area contributed by atoms with Crippen LogP contribution < -0.4 is 5.32 Å². The van der Waals surface area contributed by atoms with E-state index >= 15 is 0 Å². The minimum Gasteiger partial charge on any atom is -0.376 e. The lowest BCUT2D eigenvalue weighted by atomic mass is 10.2. The van der Waals surface area contributed by atoms with Crippen molar-refractivity contribution in [3.63, 3.8) is 0 Å². The van der Waals surface area contributed by atoms with Gasteiger partial charge < -0.3 is 5.32 Å². The monoisotopic (exact) mass is 235 g/mol. The Labute approximate surface area is 95.6 Å². The third-order valence-electron chi connectivity index (χ3n) is 2.10. The molecule has 0 radical (unpaired) electrons. The van der Waals surface area contributed by atoms with Gasteiger partial charge in [-0.25, -0.2) is 4.98 Å². The molecule has 1 aromatic carbocycles.